The number of nitrogens with zero attached hydrogens (tertiary/aromatic N) is 3. The lowest BCUT2D eigenvalue weighted by Crippen LogP contribution is -2.35. The van der Waals surface area contributed by atoms with Gasteiger partial charge in [-0.25, -0.2) is 0 Å². The van der Waals surface area contributed by atoms with Gasteiger partial charge in [0, 0.05) is 29.6 Å². The molecule has 6 rings (SSSR count). The van der Waals surface area contributed by atoms with Crippen molar-refractivity contribution >= 4 is 5.97 Å². The molecule has 1 spiro atoms. The third-order valence-electron chi connectivity index (χ3n) is 8.38. The number of fused-ring (bicyclic) bond motifs is 2. The Balaban J connectivity index is 1.23. The van der Waals surface area contributed by atoms with Gasteiger partial charge in [0.25, 0.3) is 5.89 Å². The monoisotopic (exact) mass is 471 g/mol. The Kier molecular flexibility index (Phi) is 5.33. The van der Waals surface area contributed by atoms with Crippen molar-refractivity contribution < 1.29 is 14.4 Å². The molecule has 182 valence electrons. The molecule has 1 unspecified atom stereocenters. The summed E-state index contributed by atoms with van der Waals surface area (Å²) in [5.41, 5.74) is 5.65. The lowest BCUT2D eigenvalue weighted by molar-refractivity contribution is -0.144. The molecule has 1 aliphatic heterocycles. The summed E-state index contributed by atoms with van der Waals surface area (Å²) in [4.78, 5) is 18.9. The van der Waals surface area contributed by atoms with Crippen molar-refractivity contribution in [1.82, 2.24) is 15.0 Å². The second-order valence-electron chi connectivity index (χ2n) is 11.4. The van der Waals surface area contributed by atoms with E-state index in [0.717, 1.165) is 62.7 Å². The Labute approximate surface area is 206 Å². The van der Waals surface area contributed by atoms with Crippen molar-refractivity contribution in [2.45, 2.75) is 57.8 Å². The summed E-state index contributed by atoms with van der Waals surface area (Å²) >= 11 is 0. The average Bonchev–Trinajstić information content (AvgIpc) is 3.17. The number of carboxylic acids is 1. The Morgan fingerprint density at radius 3 is 2.63 bits per heavy atom. The second-order valence-corrected chi connectivity index (χ2v) is 11.4. The second kappa shape index (κ2) is 8.30. The van der Waals surface area contributed by atoms with Crippen LogP contribution in [0.3, 0.4) is 0 Å². The normalized spacial score (nSPS) is 22.7. The number of benzene rings is 2. The minimum absolute atomic E-state index is 0.110. The molecule has 3 aromatic rings. The van der Waals surface area contributed by atoms with E-state index >= 15 is 0 Å². The molecule has 0 amide bonds. The number of carbonyl (C=O) groups is 1. The fourth-order valence-corrected chi connectivity index (χ4v) is 6.30. The molecule has 1 atom stereocenters. The minimum Gasteiger partial charge on any atom is -0.481 e. The van der Waals surface area contributed by atoms with Crippen LogP contribution in [0.4, 0.5) is 0 Å². The molecule has 2 heterocycles. The number of carboxylic acid groups (broad SMARTS) is 1. The van der Waals surface area contributed by atoms with E-state index in [2.05, 4.69) is 66.4 Å². The largest absolute Gasteiger partial charge is 0.481 e. The first-order chi connectivity index (χ1) is 16.9. The molecule has 1 N–H and O–H groups in total. The van der Waals surface area contributed by atoms with E-state index in [9.17, 15) is 9.90 Å². The first-order valence-electron chi connectivity index (χ1n) is 12.9. The standard InChI is InChI=1S/C29H33N3O3/c1-19(2)16-20-6-8-21(9-7-20)26-30-25(31-35-26)23-4-3-5-24-22(23)10-11-28(24)14-15-32(17-28)18-29(12-13-29)27(33)34/h3-9,19H,10-18H2,1-2H3,(H,33,34). The maximum atomic E-state index is 11.7. The van der Waals surface area contributed by atoms with Crippen molar-refractivity contribution in [1.29, 1.82) is 0 Å². The number of likely N-dealkylation sites (tertiary alicyclic amines) is 1. The van der Waals surface area contributed by atoms with Crippen LogP contribution in [0.5, 0.6) is 0 Å². The van der Waals surface area contributed by atoms with Crippen molar-refractivity contribution in [3.05, 3.63) is 59.2 Å². The fraction of sp³-hybridized carbons (Fsp3) is 0.483. The SMILES string of the molecule is CC(C)Cc1ccc(-c2nc(-c3cccc4c3CCC43CCN(CC4(C(=O)O)CC4)C3)no2)cc1. The Hall–Kier alpha value is -2.99. The molecule has 6 heteroatoms. The van der Waals surface area contributed by atoms with E-state index in [1.165, 1.54) is 16.7 Å². The lowest BCUT2D eigenvalue weighted by Gasteiger charge is -2.27. The number of hydrogen-bond acceptors (Lipinski definition) is 5. The van der Waals surface area contributed by atoms with Crippen LogP contribution in [-0.2, 0) is 23.1 Å². The molecule has 2 aliphatic carbocycles. The maximum absolute atomic E-state index is 11.7. The van der Waals surface area contributed by atoms with Gasteiger partial charge in [0.2, 0.25) is 5.82 Å². The van der Waals surface area contributed by atoms with E-state index in [0.29, 0.717) is 24.2 Å². The molecule has 1 saturated carbocycles. The third kappa shape index (κ3) is 3.98. The smallest absolute Gasteiger partial charge is 0.310 e. The van der Waals surface area contributed by atoms with Gasteiger partial charge in [-0.2, -0.15) is 4.98 Å². The Bertz CT molecular complexity index is 1260. The molecule has 2 fully saturated rings. The molecular weight excluding hydrogens is 438 g/mol. The van der Waals surface area contributed by atoms with Crippen molar-refractivity contribution in [2.24, 2.45) is 11.3 Å². The van der Waals surface area contributed by atoms with Gasteiger partial charge in [0.1, 0.15) is 0 Å². The highest BCUT2D eigenvalue weighted by Crippen LogP contribution is 2.51. The number of aliphatic carboxylic acids is 1. The average molecular weight is 472 g/mol. The maximum Gasteiger partial charge on any atom is 0.310 e. The van der Waals surface area contributed by atoms with Crippen LogP contribution in [0, 0.1) is 11.3 Å². The van der Waals surface area contributed by atoms with E-state index in [-0.39, 0.29) is 5.41 Å². The van der Waals surface area contributed by atoms with Gasteiger partial charge < -0.3 is 14.5 Å². The minimum atomic E-state index is -0.630. The molecule has 3 aliphatic rings. The van der Waals surface area contributed by atoms with Gasteiger partial charge in [-0.15, -0.1) is 0 Å². The highest BCUT2D eigenvalue weighted by Gasteiger charge is 2.53. The molecule has 1 aromatic heterocycles. The van der Waals surface area contributed by atoms with Crippen molar-refractivity contribution in [3.8, 4) is 22.8 Å². The lowest BCUT2D eigenvalue weighted by atomic mass is 9.81. The number of hydrogen-bond donors (Lipinski definition) is 1. The molecule has 1 saturated heterocycles. The zero-order valence-electron chi connectivity index (χ0n) is 20.6. The number of aromatic nitrogens is 2. The predicted molar refractivity (Wildman–Crippen MR) is 134 cm³/mol. The van der Waals surface area contributed by atoms with Crippen LogP contribution in [0.1, 0.15) is 56.2 Å². The summed E-state index contributed by atoms with van der Waals surface area (Å²) in [6.45, 7) is 7.05. The zero-order chi connectivity index (χ0) is 24.2. The van der Waals surface area contributed by atoms with Crippen molar-refractivity contribution in [2.75, 3.05) is 19.6 Å². The van der Waals surface area contributed by atoms with Crippen LogP contribution >= 0.6 is 0 Å². The van der Waals surface area contributed by atoms with Gasteiger partial charge in [-0.1, -0.05) is 49.3 Å². The van der Waals surface area contributed by atoms with Crippen LogP contribution in [0.25, 0.3) is 22.8 Å². The molecular formula is C29H33N3O3. The Morgan fingerprint density at radius 1 is 1.11 bits per heavy atom. The molecule has 35 heavy (non-hydrogen) atoms. The predicted octanol–water partition coefficient (Wildman–Crippen LogP) is 5.36. The summed E-state index contributed by atoms with van der Waals surface area (Å²) in [5.74, 6) is 1.20. The van der Waals surface area contributed by atoms with Gasteiger partial charge >= 0.3 is 5.97 Å². The zero-order valence-corrected chi connectivity index (χ0v) is 20.6. The van der Waals surface area contributed by atoms with Crippen LogP contribution < -0.4 is 0 Å². The number of rotatable bonds is 7. The molecule has 2 aromatic carbocycles. The van der Waals surface area contributed by atoms with Gasteiger partial charge in [-0.05, 0) is 79.8 Å². The molecule has 0 radical (unpaired) electrons. The van der Waals surface area contributed by atoms with Gasteiger partial charge in [0.15, 0.2) is 0 Å². The van der Waals surface area contributed by atoms with E-state index in [1.54, 1.807) is 0 Å². The Morgan fingerprint density at radius 2 is 1.91 bits per heavy atom. The first-order valence-corrected chi connectivity index (χ1v) is 12.9. The summed E-state index contributed by atoms with van der Waals surface area (Å²) in [5, 5.41) is 14.0. The van der Waals surface area contributed by atoms with Crippen molar-refractivity contribution in [3.63, 3.8) is 0 Å². The van der Waals surface area contributed by atoms with E-state index < -0.39 is 11.4 Å². The third-order valence-corrected chi connectivity index (χ3v) is 8.38. The topological polar surface area (TPSA) is 79.5 Å². The van der Waals surface area contributed by atoms with Gasteiger partial charge in [0.05, 0.1) is 5.41 Å². The summed E-state index contributed by atoms with van der Waals surface area (Å²) in [6.07, 6.45) is 5.86. The molecule has 6 nitrogen and oxygen atoms in total. The summed E-state index contributed by atoms with van der Waals surface area (Å²) in [6, 6.07) is 14.9. The molecule has 0 bridgehead atoms. The van der Waals surface area contributed by atoms with E-state index in [4.69, 9.17) is 9.51 Å². The van der Waals surface area contributed by atoms with Crippen LogP contribution in [0.15, 0.2) is 47.0 Å². The van der Waals surface area contributed by atoms with E-state index in [1.807, 2.05) is 0 Å². The first kappa shape index (κ1) is 22.5. The van der Waals surface area contributed by atoms with Crippen LogP contribution in [-0.4, -0.2) is 45.8 Å². The van der Waals surface area contributed by atoms with Crippen LogP contribution in [0.2, 0.25) is 0 Å². The summed E-state index contributed by atoms with van der Waals surface area (Å²) < 4.78 is 5.68. The quantitative estimate of drug-likeness (QED) is 0.500. The van der Waals surface area contributed by atoms with Gasteiger partial charge in [-0.3, -0.25) is 4.79 Å². The highest BCUT2D eigenvalue weighted by molar-refractivity contribution is 5.78. The highest BCUT2D eigenvalue weighted by atomic mass is 16.5. The fourth-order valence-electron chi connectivity index (χ4n) is 6.30. The summed E-state index contributed by atoms with van der Waals surface area (Å²) in [7, 11) is 0.